The van der Waals surface area contributed by atoms with E-state index in [-0.39, 0.29) is 5.91 Å². The van der Waals surface area contributed by atoms with Gasteiger partial charge in [0.25, 0.3) is 0 Å². The van der Waals surface area contributed by atoms with Crippen LogP contribution in [0.25, 0.3) is 0 Å². The molecule has 0 aromatic rings. The second-order valence-electron chi connectivity index (χ2n) is 6.52. The van der Waals surface area contributed by atoms with E-state index in [0.717, 1.165) is 19.3 Å². The van der Waals surface area contributed by atoms with Gasteiger partial charge in [0.2, 0.25) is 5.91 Å². The van der Waals surface area contributed by atoms with E-state index in [1.807, 2.05) is 7.05 Å². The Hall–Kier alpha value is -0.610. The number of nitrogens with one attached hydrogen (secondary N) is 1. The summed E-state index contributed by atoms with van der Waals surface area (Å²) in [7, 11) is 1.86. The molecule has 1 heterocycles. The molecule has 0 bridgehead atoms. The molecule has 3 N–H and O–H groups in total. The minimum atomic E-state index is -0.464. The van der Waals surface area contributed by atoms with Crippen LogP contribution >= 0.6 is 0 Å². The summed E-state index contributed by atoms with van der Waals surface area (Å²) in [5.41, 5.74) is 5.64. The molecule has 2 rings (SSSR count). The zero-order valence-electron chi connectivity index (χ0n) is 12.7. The van der Waals surface area contributed by atoms with E-state index < -0.39 is 5.54 Å². The minimum absolute atomic E-state index is 0.186. The van der Waals surface area contributed by atoms with Crippen molar-refractivity contribution in [3.8, 4) is 0 Å². The molecule has 4 heteroatoms. The SMILES string of the molecule is CCC1(CC)CCN(C2CCC(NC)(C(N)=O)C2)C1. The molecule has 0 radical (unpaired) electrons. The summed E-state index contributed by atoms with van der Waals surface area (Å²) in [5.74, 6) is -0.186. The van der Waals surface area contributed by atoms with Crippen LogP contribution in [0, 0.1) is 5.41 Å². The molecule has 2 aliphatic rings. The molecule has 1 saturated carbocycles. The summed E-state index contributed by atoms with van der Waals surface area (Å²) in [6, 6.07) is 0.528. The number of likely N-dealkylation sites (tertiary alicyclic amines) is 1. The van der Waals surface area contributed by atoms with Gasteiger partial charge in [-0.1, -0.05) is 13.8 Å². The predicted octanol–water partition coefficient (Wildman–Crippen LogP) is 1.49. The molecule has 2 unspecified atom stereocenters. The fraction of sp³-hybridized carbons (Fsp3) is 0.933. The molecule has 2 atom stereocenters. The van der Waals surface area contributed by atoms with Gasteiger partial charge in [-0.3, -0.25) is 9.69 Å². The highest BCUT2D eigenvalue weighted by molar-refractivity contribution is 5.85. The number of primary amides is 1. The predicted molar refractivity (Wildman–Crippen MR) is 77.8 cm³/mol. The van der Waals surface area contributed by atoms with E-state index >= 15 is 0 Å². The van der Waals surface area contributed by atoms with E-state index in [1.54, 1.807) is 0 Å². The maximum Gasteiger partial charge on any atom is 0.237 e. The second kappa shape index (κ2) is 5.41. The number of carbonyl (C=O) groups is 1. The second-order valence-corrected chi connectivity index (χ2v) is 6.52. The molecule has 1 saturated heterocycles. The Morgan fingerprint density at radius 1 is 1.37 bits per heavy atom. The number of carbonyl (C=O) groups excluding carboxylic acids is 1. The number of likely N-dealkylation sites (N-methyl/N-ethyl adjacent to an activating group) is 1. The summed E-state index contributed by atoms with van der Waals surface area (Å²) in [5, 5.41) is 3.18. The lowest BCUT2D eigenvalue weighted by Crippen LogP contribution is -2.53. The molecular formula is C15H29N3O. The van der Waals surface area contributed by atoms with Crippen molar-refractivity contribution in [1.82, 2.24) is 10.2 Å². The lowest BCUT2D eigenvalue weighted by atomic mass is 9.82. The van der Waals surface area contributed by atoms with Crippen LogP contribution in [0.1, 0.15) is 52.4 Å². The van der Waals surface area contributed by atoms with Crippen LogP contribution < -0.4 is 11.1 Å². The van der Waals surface area contributed by atoms with Crippen molar-refractivity contribution in [3.05, 3.63) is 0 Å². The first-order valence-corrected chi connectivity index (χ1v) is 7.74. The first kappa shape index (κ1) is 14.8. The van der Waals surface area contributed by atoms with E-state index in [4.69, 9.17) is 5.73 Å². The van der Waals surface area contributed by atoms with Crippen molar-refractivity contribution in [2.24, 2.45) is 11.1 Å². The Kier molecular flexibility index (Phi) is 4.21. The molecule has 1 amide bonds. The van der Waals surface area contributed by atoms with Gasteiger partial charge in [0.1, 0.15) is 0 Å². The molecule has 4 nitrogen and oxygen atoms in total. The monoisotopic (exact) mass is 267 g/mol. The molecule has 1 aliphatic heterocycles. The number of nitrogens with two attached hydrogens (primary N) is 1. The number of nitrogens with zero attached hydrogens (tertiary/aromatic N) is 1. The Morgan fingerprint density at radius 2 is 2.05 bits per heavy atom. The molecule has 0 aromatic heterocycles. The van der Waals surface area contributed by atoms with E-state index in [9.17, 15) is 4.79 Å². The number of rotatable bonds is 5. The molecule has 1 aliphatic carbocycles. The average molecular weight is 267 g/mol. The van der Waals surface area contributed by atoms with Crippen LogP contribution in [0.15, 0.2) is 0 Å². The molecule has 19 heavy (non-hydrogen) atoms. The number of hydrogen-bond acceptors (Lipinski definition) is 3. The van der Waals surface area contributed by atoms with Gasteiger partial charge in [0.15, 0.2) is 0 Å². The topological polar surface area (TPSA) is 58.4 Å². The Morgan fingerprint density at radius 3 is 2.47 bits per heavy atom. The van der Waals surface area contributed by atoms with Crippen LogP contribution in [-0.4, -0.2) is 42.5 Å². The van der Waals surface area contributed by atoms with Crippen LogP contribution in [0.3, 0.4) is 0 Å². The maximum atomic E-state index is 11.7. The van der Waals surface area contributed by atoms with Crippen molar-refractivity contribution in [2.45, 2.75) is 64.0 Å². The number of hydrogen-bond donors (Lipinski definition) is 2. The highest BCUT2D eigenvalue weighted by atomic mass is 16.1. The third kappa shape index (κ3) is 2.52. The fourth-order valence-electron chi connectivity index (χ4n) is 4.01. The third-order valence-corrected chi connectivity index (χ3v) is 5.92. The van der Waals surface area contributed by atoms with E-state index in [1.165, 1.54) is 32.4 Å². The van der Waals surface area contributed by atoms with Gasteiger partial charge in [0, 0.05) is 12.6 Å². The lowest BCUT2D eigenvalue weighted by Gasteiger charge is -2.31. The van der Waals surface area contributed by atoms with Crippen molar-refractivity contribution >= 4 is 5.91 Å². The summed E-state index contributed by atoms with van der Waals surface area (Å²) in [4.78, 5) is 14.3. The normalized spacial score (nSPS) is 34.8. The van der Waals surface area contributed by atoms with E-state index in [0.29, 0.717) is 11.5 Å². The summed E-state index contributed by atoms with van der Waals surface area (Å²) in [6.07, 6.45) is 6.68. The molecule has 0 aromatic carbocycles. The largest absolute Gasteiger partial charge is 0.368 e. The van der Waals surface area contributed by atoms with Crippen LogP contribution in [0.2, 0.25) is 0 Å². The Balaban J connectivity index is 2.01. The van der Waals surface area contributed by atoms with Crippen molar-refractivity contribution < 1.29 is 4.79 Å². The highest BCUT2D eigenvalue weighted by Gasteiger charge is 2.47. The third-order valence-electron chi connectivity index (χ3n) is 5.92. The summed E-state index contributed by atoms with van der Waals surface area (Å²) >= 11 is 0. The molecule has 110 valence electrons. The Labute approximate surface area is 117 Å². The number of amides is 1. The van der Waals surface area contributed by atoms with E-state index in [2.05, 4.69) is 24.1 Å². The quantitative estimate of drug-likeness (QED) is 0.793. The van der Waals surface area contributed by atoms with Crippen molar-refractivity contribution in [2.75, 3.05) is 20.1 Å². The smallest absolute Gasteiger partial charge is 0.237 e. The summed E-state index contributed by atoms with van der Waals surface area (Å²) in [6.45, 7) is 7.00. The van der Waals surface area contributed by atoms with Gasteiger partial charge >= 0.3 is 0 Å². The first-order chi connectivity index (χ1) is 9.01. The maximum absolute atomic E-state index is 11.7. The highest BCUT2D eigenvalue weighted by Crippen LogP contribution is 2.41. The Bertz CT molecular complexity index is 340. The van der Waals surface area contributed by atoms with Crippen LogP contribution in [-0.2, 0) is 4.79 Å². The standard InChI is InChI=1S/C15H29N3O/c1-4-14(5-2)8-9-18(11-14)12-6-7-15(10-12,17-3)13(16)19/h12,17H,4-11H2,1-3H3,(H2,16,19). The van der Waals surface area contributed by atoms with Gasteiger partial charge in [-0.2, -0.15) is 0 Å². The van der Waals surface area contributed by atoms with Crippen LogP contribution in [0.5, 0.6) is 0 Å². The van der Waals surface area contributed by atoms with Gasteiger partial charge in [0.05, 0.1) is 5.54 Å². The zero-order chi connectivity index (χ0) is 14.1. The van der Waals surface area contributed by atoms with Crippen LogP contribution in [0.4, 0.5) is 0 Å². The first-order valence-electron chi connectivity index (χ1n) is 7.74. The molecule has 0 spiro atoms. The van der Waals surface area contributed by atoms with Crippen molar-refractivity contribution in [3.63, 3.8) is 0 Å². The van der Waals surface area contributed by atoms with Gasteiger partial charge < -0.3 is 11.1 Å². The lowest BCUT2D eigenvalue weighted by molar-refractivity contribution is -0.124. The van der Waals surface area contributed by atoms with Gasteiger partial charge in [-0.25, -0.2) is 0 Å². The zero-order valence-corrected chi connectivity index (χ0v) is 12.7. The molecule has 2 fully saturated rings. The summed E-state index contributed by atoms with van der Waals surface area (Å²) < 4.78 is 0. The molecular weight excluding hydrogens is 238 g/mol. The fourth-order valence-corrected chi connectivity index (χ4v) is 4.01. The average Bonchev–Trinajstić information content (AvgIpc) is 3.04. The van der Waals surface area contributed by atoms with Crippen molar-refractivity contribution in [1.29, 1.82) is 0 Å². The van der Waals surface area contributed by atoms with Gasteiger partial charge in [-0.15, -0.1) is 0 Å². The minimum Gasteiger partial charge on any atom is -0.368 e. The van der Waals surface area contributed by atoms with Gasteiger partial charge in [-0.05, 0) is 57.5 Å².